The molecule has 0 aliphatic rings. The number of quaternary nitrogens is 1. The predicted octanol–water partition coefficient (Wildman–Crippen LogP) is 11.6. The number of carbonyl (C=O) groups is 3. The molecule has 0 aromatic rings. The fourth-order valence-corrected chi connectivity index (χ4v) is 5.78. The molecule has 0 heterocycles. The van der Waals surface area contributed by atoms with Crippen molar-refractivity contribution in [2.45, 2.75) is 187 Å². The van der Waals surface area contributed by atoms with Crippen LogP contribution in [-0.2, 0) is 33.3 Å². The zero-order chi connectivity index (χ0) is 41.4. The minimum atomic E-state index is -1.51. The summed E-state index contributed by atoms with van der Waals surface area (Å²) >= 11 is 0. The van der Waals surface area contributed by atoms with E-state index >= 15 is 0 Å². The quantitative estimate of drug-likeness (QED) is 0.0215. The van der Waals surface area contributed by atoms with Crippen LogP contribution in [-0.4, -0.2) is 87.4 Å². The van der Waals surface area contributed by atoms with Crippen LogP contribution < -0.4 is 0 Å². The van der Waals surface area contributed by atoms with Gasteiger partial charge in [0.2, 0.25) is 0 Å². The van der Waals surface area contributed by atoms with Crippen LogP contribution in [0, 0.1) is 0 Å². The number of carboxylic acids is 1. The van der Waals surface area contributed by atoms with Gasteiger partial charge in [-0.25, -0.2) is 4.79 Å². The lowest BCUT2D eigenvalue weighted by molar-refractivity contribution is -0.870. The third-order valence-electron chi connectivity index (χ3n) is 9.29. The van der Waals surface area contributed by atoms with Gasteiger partial charge in [-0.05, 0) is 70.6 Å². The Kier molecular flexibility index (Phi) is 37.2. The number of likely N-dealkylation sites (N-methyl/N-ethyl adjacent to an activating group) is 1. The molecule has 9 heteroatoms. The molecule has 0 aliphatic carbocycles. The molecule has 1 N–H and O–H groups in total. The van der Waals surface area contributed by atoms with Gasteiger partial charge in [0.25, 0.3) is 6.29 Å². The molecule has 0 aromatic carbocycles. The molecule has 0 radical (unpaired) electrons. The number of allylic oxidation sites excluding steroid dienone is 8. The van der Waals surface area contributed by atoms with Crippen LogP contribution in [0.25, 0.3) is 0 Å². The van der Waals surface area contributed by atoms with Gasteiger partial charge in [0, 0.05) is 12.8 Å². The molecule has 0 amide bonds. The third-order valence-corrected chi connectivity index (χ3v) is 9.29. The summed E-state index contributed by atoms with van der Waals surface area (Å²) in [7, 11) is 5.94. The molecule has 2 unspecified atom stereocenters. The highest BCUT2D eigenvalue weighted by Gasteiger charge is 2.25. The first-order valence-electron chi connectivity index (χ1n) is 22.3. The number of hydrogen-bond donors (Lipinski definition) is 1. The average molecular weight is 791 g/mol. The van der Waals surface area contributed by atoms with Crippen LogP contribution >= 0.6 is 0 Å². The molecule has 0 aromatic heterocycles. The van der Waals surface area contributed by atoms with Crippen molar-refractivity contribution < 1.29 is 42.9 Å². The summed E-state index contributed by atoms with van der Waals surface area (Å²) < 4.78 is 22.7. The maximum Gasteiger partial charge on any atom is 0.361 e. The lowest BCUT2D eigenvalue weighted by atomic mass is 10.1. The zero-order valence-corrected chi connectivity index (χ0v) is 36.5. The summed E-state index contributed by atoms with van der Waals surface area (Å²) in [6, 6.07) is 0. The van der Waals surface area contributed by atoms with Gasteiger partial charge in [0.1, 0.15) is 13.2 Å². The second-order valence-electron chi connectivity index (χ2n) is 16.0. The molecule has 0 spiro atoms. The summed E-state index contributed by atoms with van der Waals surface area (Å²) in [6.07, 6.45) is 41.6. The standard InChI is InChI=1S/C47H83NO8/c1-6-8-10-12-14-16-18-20-21-22-23-24-26-28-30-32-34-36-38-45(50)56-43(42-55-47(46(51)52)53-40-39-48(3,4)5)41-54-44(49)37-35-33-31-29-27-25-19-17-15-13-11-9-7-2/h11,13,16-19,21-22,43,47H,6-10,12,14-15,20,23-42H2,1-5H3/p+1/b13-11-,18-16-,19-17-,22-21-. The van der Waals surface area contributed by atoms with Crippen molar-refractivity contribution in [3.63, 3.8) is 0 Å². The number of nitrogens with zero attached hydrogens (tertiary/aromatic N) is 1. The first kappa shape index (κ1) is 53.2. The number of esters is 2. The Bertz CT molecular complexity index is 1060. The number of aliphatic carboxylic acids is 1. The summed E-state index contributed by atoms with van der Waals surface area (Å²) in [4.78, 5) is 37.1. The first-order chi connectivity index (χ1) is 27.1. The lowest BCUT2D eigenvalue weighted by Gasteiger charge is -2.25. The van der Waals surface area contributed by atoms with Crippen molar-refractivity contribution in [1.82, 2.24) is 0 Å². The fourth-order valence-electron chi connectivity index (χ4n) is 5.78. The topological polar surface area (TPSA) is 108 Å². The van der Waals surface area contributed by atoms with Gasteiger partial charge in [-0.2, -0.15) is 0 Å². The van der Waals surface area contributed by atoms with Crippen LogP contribution in [0.1, 0.15) is 174 Å². The largest absolute Gasteiger partial charge is 0.477 e. The molecule has 0 saturated heterocycles. The molecule has 9 nitrogen and oxygen atoms in total. The smallest absolute Gasteiger partial charge is 0.361 e. The molecule has 0 rings (SSSR count). The summed E-state index contributed by atoms with van der Waals surface area (Å²) in [5, 5.41) is 9.63. The molecular formula is C47H84NO8+. The maximum absolute atomic E-state index is 12.8. The van der Waals surface area contributed by atoms with Crippen molar-refractivity contribution in [1.29, 1.82) is 0 Å². The summed E-state index contributed by atoms with van der Waals surface area (Å²) in [5.74, 6) is -2.04. The van der Waals surface area contributed by atoms with E-state index in [1.165, 1.54) is 57.8 Å². The number of carbonyl (C=O) groups excluding carboxylic acids is 2. The lowest BCUT2D eigenvalue weighted by Crippen LogP contribution is -2.40. The van der Waals surface area contributed by atoms with E-state index in [0.717, 1.165) is 83.5 Å². The van der Waals surface area contributed by atoms with Gasteiger partial charge in [-0.3, -0.25) is 9.59 Å². The number of unbranched alkanes of at least 4 members (excludes halogenated alkanes) is 17. The van der Waals surface area contributed by atoms with Crippen LogP contribution in [0.5, 0.6) is 0 Å². The van der Waals surface area contributed by atoms with E-state index in [0.29, 0.717) is 17.4 Å². The average Bonchev–Trinajstić information content (AvgIpc) is 3.15. The SMILES string of the molecule is CCC/C=C\C/C=C\CCCCCCCC(=O)OCC(COC(OCC[N+](C)(C)C)C(=O)O)OC(=O)CCCCCCCCC/C=C\C/C=C\CCCCCC. The molecule has 0 aliphatic heterocycles. The highest BCUT2D eigenvalue weighted by Crippen LogP contribution is 2.13. The third kappa shape index (κ3) is 39.5. The van der Waals surface area contributed by atoms with Gasteiger partial charge in [0.15, 0.2) is 6.10 Å². The number of rotatable bonds is 40. The zero-order valence-electron chi connectivity index (χ0n) is 36.5. The molecule has 324 valence electrons. The predicted molar refractivity (Wildman–Crippen MR) is 230 cm³/mol. The molecular weight excluding hydrogens is 707 g/mol. The van der Waals surface area contributed by atoms with Gasteiger partial charge in [-0.1, -0.05) is 140 Å². The Morgan fingerprint density at radius 2 is 1.00 bits per heavy atom. The van der Waals surface area contributed by atoms with Gasteiger partial charge >= 0.3 is 17.9 Å². The van der Waals surface area contributed by atoms with Crippen molar-refractivity contribution in [2.24, 2.45) is 0 Å². The van der Waals surface area contributed by atoms with Crippen LogP contribution in [0.3, 0.4) is 0 Å². The van der Waals surface area contributed by atoms with E-state index in [1.54, 1.807) is 0 Å². The van der Waals surface area contributed by atoms with Crippen molar-refractivity contribution >= 4 is 17.9 Å². The van der Waals surface area contributed by atoms with E-state index in [2.05, 4.69) is 62.5 Å². The maximum atomic E-state index is 12.8. The Morgan fingerprint density at radius 1 is 0.536 bits per heavy atom. The highest BCUT2D eigenvalue weighted by atomic mass is 16.7. The number of ether oxygens (including phenoxy) is 4. The van der Waals surface area contributed by atoms with Crippen molar-refractivity contribution in [3.05, 3.63) is 48.6 Å². The minimum Gasteiger partial charge on any atom is -0.477 e. The van der Waals surface area contributed by atoms with E-state index in [1.807, 2.05) is 21.1 Å². The van der Waals surface area contributed by atoms with E-state index in [4.69, 9.17) is 18.9 Å². The van der Waals surface area contributed by atoms with E-state index in [9.17, 15) is 19.5 Å². The highest BCUT2D eigenvalue weighted by molar-refractivity contribution is 5.71. The summed E-state index contributed by atoms with van der Waals surface area (Å²) in [5.41, 5.74) is 0. The molecule has 2 atom stereocenters. The van der Waals surface area contributed by atoms with Crippen molar-refractivity contribution in [3.8, 4) is 0 Å². The van der Waals surface area contributed by atoms with Crippen LogP contribution in [0.15, 0.2) is 48.6 Å². The summed E-state index contributed by atoms with van der Waals surface area (Å²) in [6.45, 7) is 4.75. The van der Waals surface area contributed by atoms with Crippen molar-refractivity contribution in [2.75, 3.05) is 47.5 Å². The van der Waals surface area contributed by atoms with Gasteiger partial charge in [0.05, 0.1) is 34.4 Å². The second-order valence-corrected chi connectivity index (χ2v) is 16.0. The van der Waals surface area contributed by atoms with Gasteiger partial charge < -0.3 is 28.5 Å². The Labute approximate surface area is 342 Å². The minimum absolute atomic E-state index is 0.182. The first-order valence-corrected chi connectivity index (χ1v) is 22.3. The fraction of sp³-hybridized carbons (Fsp3) is 0.766. The van der Waals surface area contributed by atoms with E-state index in [-0.39, 0.29) is 38.6 Å². The second kappa shape index (κ2) is 39.1. The van der Waals surface area contributed by atoms with Gasteiger partial charge in [-0.15, -0.1) is 0 Å². The molecule has 0 fully saturated rings. The number of hydrogen-bond acceptors (Lipinski definition) is 7. The van der Waals surface area contributed by atoms with Crippen LogP contribution in [0.4, 0.5) is 0 Å². The Balaban J connectivity index is 4.47. The number of carboxylic acid groups (broad SMARTS) is 1. The Hall–Kier alpha value is -2.75. The van der Waals surface area contributed by atoms with Crippen LogP contribution in [0.2, 0.25) is 0 Å². The monoisotopic (exact) mass is 791 g/mol. The molecule has 0 bridgehead atoms. The normalized spacial score (nSPS) is 13.4. The molecule has 0 saturated carbocycles. The molecule has 56 heavy (non-hydrogen) atoms. The van der Waals surface area contributed by atoms with E-state index < -0.39 is 24.3 Å². The Morgan fingerprint density at radius 3 is 1.48 bits per heavy atom.